The molecule has 1 saturated carbocycles. The van der Waals surface area contributed by atoms with Gasteiger partial charge in [0.1, 0.15) is 11.5 Å². The van der Waals surface area contributed by atoms with Crippen molar-refractivity contribution >= 4 is 5.78 Å². The molecule has 1 fully saturated rings. The molecule has 8 nitrogen and oxygen atoms in total. The molecule has 2 aromatic rings. The Morgan fingerprint density at radius 3 is 2.29 bits per heavy atom. The normalized spacial score (nSPS) is 25.9. The molecule has 1 N–H and O–H groups in total. The molecule has 3 atom stereocenters. The van der Waals surface area contributed by atoms with Gasteiger partial charge in [0.15, 0.2) is 23.0 Å². The first-order chi connectivity index (χ1) is 15.0. The first kappa shape index (κ1) is 19.8. The van der Waals surface area contributed by atoms with Gasteiger partial charge in [0.05, 0.1) is 27.2 Å². The number of Topliss-reactive ketones (excluding diaryl/α,β-unsaturated/α-hetero) is 1. The van der Waals surface area contributed by atoms with Crippen LogP contribution in [0.3, 0.4) is 0 Å². The molecule has 5 rings (SSSR count). The Morgan fingerprint density at radius 2 is 1.65 bits per heavy atom. The number of rotatable bonds is 4. The van der Waals surface area contributed by atoms with Crippen LogP contribution in [0.25, 0.3) is 0 Å². The van der Waals surface area contributed by atoms with Crippen molar-refractivity contribution in [2.45, 2.75) is 31.0 Å². The number of ether oxygens (including phenoxy) is 6. The summed E-state index contributed by atoms with van der Waals surface area (Å²) in [7, 11) is 4.62. The van der Waals surface area contributed by atoms with E-state index in [4.69, 9.17) is 28.4 Å². The van der Waals surface area contributed by atoms with Gasteiger partial charge in [-0.2, -0.15) is 0 Å². The summed E-state index contributed by atoms with van der Waals surface area (Å²) in [5.74, 6) is 0.0574. The highest BCUT2D eigenvalue weighted by Crippen LogP contribution is 2.55. The van der Waals surface area contributed by atoms with Crippen molar-refractivity contribution < 1.29 is 38.3 Å². The molecule has 0 bridgehead atoms. The highest BCUT2D eigenvalue weighted by Gasteiger charge is 2.55. The fraction of sp³-hybridized carbons (Fsp3) is 0.435. The van der Waals surface area contributed by atoms with Crippen molar-refractivity contribution in [3.8, 4) is 34.5 Å². The van der Waals surface area contributed by atoms with E-state index in [1.807, 2.05) is 18.2 Å². The average molecular weight is 428 g/mol. The van der Waals surface area contributed by atoms with Crippen LogP contribution in [-0.2, 0) is 4.79 Å². The molecule has 3 unspecified atom stereocenters. The Morgan fingerprint density at radius 1 is 0.968 bits per heavy atom. The molecule has 2 heterocycles. The molecule has 3 aliphatic rings. The Labute approximate surface area is 179 Å². The molecule has 0 amide bonds. The zero-order valence-electron chi connectivity index (χ0n) is 17.6. The van der Waals surface area contributed by atoms with Crippen molar-refractivity contribution in [2.75, 3.05) is 28.1 Å². The van der Waals surface area contributed by atoms with Crippen LogP contribution in [0.4, 0.5) is 0 Å². The molecule has 31 heavy (non-hydrogen) atoms. The molecule has 8 heteroatoms. The lowest BCUT2D eigenvalue weighted by Crippen LogP contribution is -2.55. The molecule has 0 spiro atoms. The highest BCUT2D eigenvalue weighted by molar-refractivity contribution is 5.85. The van der Waals surface area contributed by atoms with E-state index in [2.05, 4.69) is 0 Å². The Kier molecular flexibility index (Phi) is 4.62. The molecular formula is C23H24O8. The fourth-order valence-electron chi connectivity index (χ4n) is 4.93. The molecule has 1 aliphatic carbocycles. The van der Waals surface area contributed by atoms with Gasteiger partial charge in [-0.05, 0) is 30.2 Å². The van der Waals surface area contributed by atoms with Gasteiger partial charge in [0, 0.05) is 30.4 Å². The molecular weight excluding hydrogens is 404 g/mol. The molecule has 0 aromatic heterocycles. The molecule has 2 aromatic carbocycles. The van der Waals surface area contributed by atoms with E-state index in [1.165, 1.54) is 7.11 Å². The number of methoxy groups -OCH3 is 3. The summed E-state index contributed by atoms with van der Waals surface area (Å²) in [5.41, 5.74) is 1.49. The Balaban J connectivity index is 1.75. The van der Waals surface area contributed by atoms with E-state index in [9.17, 15) is 9.90 Å². The predicted molar refractivity (Wildman–Crippen MR) is 108 cm³/mol. The lowest BCUT2D eigenvalue weighted by Gasteiger charge is -2.47. The number of carbonyl (C=O) groups excluding carboxylic acids is 1. The number of ketones is 1. The molecule has 2 aliphatic heterocycles. The molecule has 0 saturated heterocycles. The van der Waals surface area contributed by atoms with Gasteiger partial charge < -0.3 is 33.5 Å². The number of hydrogen-bond donors (Lipinski definition) is 1. The van der Waals surface area contributed by atoms with E-state index in [-0.39, 0.29) is 12.6 Å². The molecule has 164 valence electrons. The number of carbonyl (C=O) groups is 1. The first-order valence-electron chi connectivity index (χ1n) is 10.2. The fourth-order valence-corrected chi connectivity index (χ4v) is 4.93. The van der Waals surface area contributed by atoms with Gasteiger partial charge in [0.25, 0.3) is 0 Å². The quantitative estimate of drug-likeness (QED) is 0.795. The minimum atomic E-state index is -1.61. The van der Waals surface area contributed by atoms with Crippen LogP contribution in [0.2, 0.25) is 0 Å². The maximum atomic E-state index is 13.1. The van der Waals surface area contributed by atoms with Crippen LogP contribution in [0.1, 0.15) is 36.3 Å². The summed E-state index contributed by atoms with van der Waals surface area (Å²) in [4.78, 5) is 13.1. The number of benzene rings is 2. The van der Waals surface area contributed by atoms with Crippen LogP contribution in [0.15, 0.2) is 24.3 Å². The third-order valence-corrected chi connectivity index (χ3v) is 6.30. The van der Waals surface area contributed by atoms with Crippen molar-refractivity contribution in [1.29, 1.82) is 0 Å². The third-order valence-electron chi connectivity index (χ3n) is 6.30. The van der Waals surface area contributed by atoms with Gasteiger partial charge in [-0.3, -0.25) is 4.79 Å². The second kappa shape index (κ2) is 7.23. The zero-order valence-corrected chi connectivity index (χ0v) is 17.6. The van der Waals surface area contributed by atoms with Crippen molar-refractivity contribution in [3.63, 3.8) is 0 Å². The smallest absolute Gasteiger partial charge is 0.231 e. The Bertz CT molecular complexity index is 1020. The van der Waals surface area contributed by atoms with Crippen LogP contribution in [-0.4, -0.2) is 44.8 Å². The lowest BCUT2D eigenvalue weighted by molar-refractivity contribution is -0.206. The topological polar surface area (TPSA) is 92.7 Å². The van der Waals surface area contributed by atoms with Gasteiger partial charge in [-0.25, -0.2) is 0 Å². The summed E-state index contributed by atoms with van der Waals surface area (Å²) in [6.45, 7) is 0.111. The second-order valence-corrected chi connectivity index (χ2v) is 7.92. The molecule has 0 radical (unpaired) electrons. The summed E-state index contributed by atoms with van der Waals surface area (Å²) >= 11 is 0. The van der Waals surface area contributed by atoms with E-state index in [1.54, 1.807) is 20.3 Å². The average Bonchev–Trinajstić information content (AvgIpc) is 3.22. The summed E-state index contributed by atoms with van der Waals surface area (Å²) in [6, 6.07) is 7.17. The number of hydrogen-bond acceptors (Lipinski definition) is 8. The third kappa shape index (κ3) is 2.96. The van der Waals surface area contributed by atoms with Gasteiger partial charge in [0.2, 0.25) is 18.3 Å². The second-order valence-electron chi connectivity index (χ2n) is 7.92. The van der Waals surface area contributed by atoms with Crippen molar-refractivity contribution in [2.24, 2.45) is 5.92 Å². The summed E-state index contributed by atoms with van der Waals surface area (Å²) < 4.78 is 33.6. The first-order valence-corrected chi connectivity index (χ1v) is 10.2. The van der Waals surface area contributed by atoms with Crippen molar-refractivity contribution in [3.05, 3.63) is 35.4 Å². The minimum absolute atomic E-state index is 0.0455. The van der Waals surface area contributed by atoms with Crippen LogP contribution < -0.4 is 28.4 Å². The predicted octanol–water partition coefficient (Wildman–Crippen LogP) is 3.02. The monoisotopic (exact) mass is 428 g/mol. The highest BCUT2D eigenvalue weighted by atomic mass is 16.7. The SMILES string of the molecule is COc1cc(C2c3cc4c(cc3OC3(O)CCCC(=O)C23)OCO4)cc(OC)c1OC. The van der Waals surface area contributed by atoms with Crippen LogP contribution >= 0.6 is 0 Å². The lowest BCUT2D eigenvalue weighted by atomic mass is 9.67. The minimum Gasteiger partial charge on any atom is -0.493 e. The zero-order chi connectivity index (χ0) is 21.8. The van der Waals surface area contributed by atoms with Crippen LogP contribution in [0, 0.1) is 5.92 Å². The van der Waals surface area contributed by atoms with E-state index in [0.717, 1.165) is 11.1 Å². The Hall–Kier alpha value is -3.13. The standard InChI is InChI=1S/C23H24O8/c1-26-18-7-12(8-19(27-2)22(18)28-3)20-13-9-16-17(30-11-29-16)10-15(13)31-23(25)6-4-5-14(24)21(20)23/h7-10,20-21,25H,4-6,11H2,1-3H3. The summed E-state index contributed by atoms with van der Waals surface area (Å²) in [5, 5.41) is 11.4. The number of fused-ring (bicyclic) bond motifs is 3. The van der Waals surface area contributed by atoms with E-state index in [0.29, 0.717) is 53.8 Å². The largest absolute Gasteiger partial charge is 0.493 e. The van der Waals surface area contributed by atoms with Gasteiger partial charge in [-0.15, -0.1) is 0 Å². The maximum absolute atomic E-state index is 13.1. The van der Waals surface area contributed by atoms with Gasteiger partial charge in [-0.1, -0.05) is 0 Å². The van der Waals surface area contributed by atoms with E-state index < -0.39 is 17.6 Å². The van der Waals surface area contributed by atoms with Crippen molar-refractivity contribution in [1.82, 2.24) is 0 Å². The van der Waals surface area contributed by atoms with Crippen LogP contribution in [0.5, 0.6) is 34.5 Å². The van der Waals surface area contributed by atoms with Gasteiger partial charge >= 0.3 is 0 Å². The summed E-state index contributed by atoms with van der Waals surface area (Å²) in [6.07, 6.45) is 1.31. The number of aliphatic hydroxyl groups is 1. The van der Waals surface area contributed by atoms with E-state index >= 15 is 0 Å². The maximum Gasteiger partial charge on any atom is 0.231 e.